The van der Waals surface area contributed by atoms with Crippen molar-refractivity contribution in [3.05, 3.63) is 60.2 Å². The summed E-state index contributed by atoms with van der Waals surface area (Å²) < 4.78 is 5.87. The van der Waals surface area contributed by atoms with Gasteiger partial charge in [-0.2, -0.15) is 0 Å². The lowest BCUT2D eigenvalue weighted by atomic mass is 10.1. The number of rotatable bonds is 8. The van der Waals surface area contributed by atoms with Crippen LogP contribution < -0.4 is 21.1 Å². The number of hydrogen-bond acceptors (Lipinski definition) is 5. The Morgan fingerprint density at radius 2 is 1.90 bits per heavy atom. The van der Waals surface area contributed by atoms with Crippen molar-refractivity contribution in [3.8, 4) is 11.5 Å². The van der Waals surface area contributed by atoms with E-state index in [-0.39, 0.29) is 18.9 Å². The van der Waals surface area contributed by atoms with E-state index in [9.17, 15) is 14.4 Å². The Labute approximate surface area is 169 Å². The van der Waals surface area contributed by atoms with Gasteiger partial charge in [0.25, 0.3) is 0 Å². The van der Waals surface area contributed by atoms with Crippen molar-refractivity contribution in [2.45, 2.75) is 19.0 Å². The van der Waals surface area contributed by atoms with Crippen LogP contribution >= 0.6 is 0 Å². The molecule has 1 fully saturated rings. The fourth-order valence-electron chi connectivity index (χ4n) is 3.17. The lowest BCUT2D eigenvalue weighted by Gasteiger charge is -2.34. The van der Waals surface area contributed by atoms with Crippen LogP contribution in [0.1, 0.15) is 12.0 Å². The summed E-state index contributed by atoms with van der Waals surface area (Å²) in [6.45, 7) is 1.38. The molecule has 2 aromatic rings. The van der Waals surface area contributed by atoms with Gasteiger partial charge in [0.1, 0.15) is 11.5 Å². The number of nitrogens with zero attached hydrogens (tertiary/aromatic N) is 1. The molecule has 4 N–H and O–H groups in total. The van der Waals surface area contributed by atoms with Crippen LogP contribution in [0.2, 0.25) is 0 Å². The molecule has 0 unspecified atom stereocenters. The van der Waals surface area contributed by atoms with Gasteiger partial charge in [0, 0.05) is 19.6 Å². The molecule has 8 nitrogen and oxygen atoms in total. The van der Waals surface area contributed by atoms with Crippen molar-refractivity contribution >= 4 is 17.7 Å². The first-order valence-corrected chi connectivity index (χ1v) is 9.40. The van der Waals surface area contributed by atoms with E-state index in [2.05, 4.69) is 10.6 Å². The third-order valence-corrected chi connectivity index (χ3v) is 4.54. The average molecular weight is 396 g/mol. The highest BCUT2D eigenvalue weighted by Gasteiger charge is 2.31. The van der Waals surface area contributed by atoms with Gasteiger partial charge in [0.05, 0.1) is 19.0 Å². The molecule has 0 aromatic heterocycles. The van der Waals surface area contributed by atoms with Gasteiger partial charge in [-0.1, -0.05) is 30.3 Å². The summed E-state index contributed by atoms with van der Waals surface area (Å²) in [6.07, 6.45) is -0.0423. The highest BCUT2D eigenvalue weighted by atomic mass is 16.5. The molecule has 8 heteroatoms. The van der Waals surface area contributed by atoms with Gasteiger partial charge < -0.3 is 21.1 Å². The van der Waals surface area contributed by atoms with Gasteiger partial charge >= 0.3 is 0 Å². The van der Waals surface area contributed by atoms with E-state index in [1.807, 2.05) is 59.5 Å². The first kappa shape index (κ1) is 20.3. The molecule has 3 rings (SSSR count). The summed E-state index contributed by atoms with van der Waals surface area (Å²) in [5.74, 6) is 0.217. The Bertz CT molecular complexity index is 872. The predicted molar refractivity (Wildman–Crippen MR) is 107 cm³/mol. The molecule has 0 spiro atoms. The van der Waals surface area contributed by atoms with Gasteiger partial charge in [-0.25, -0.2) is 0 Å². The molecule has 0 aliphatic carbocycles. The fourth-order valence-corrected chi connectivity index (χ4v) is 3.17. The van der Waals surface area contributed by atoms with Crippen molar-refractivity contribution in [1.82, 2.24) is 15.5 Å². The Morgan fingerprint density at radius 1 is 1.14 bits per heavy atom. The highest BCUT2D eigenvalue weighted by molar-refractivity contribution is 5.90. The standard InChI is InChI=1S/C21H24N4O4/c22-19(26)13-24-20(27)12-18-21(28)23-9-10-25(18)14-15-5-4-8-17(11-15)29-16-6-2-1-3-7-16/h1-8,11,18H,9-10,12-14H2,(H2,22,26)(H,23,28)(H,24,27)/t18-/m1/s1. The van der Waals surface area contributed by atoms with Crippen molar-refractivity contribution in [1.29, 1.82) is 0 Å². The van der Waals surface area contributed by atoms with Crippen LogP contribution in [0, 0.1) is 0 Å². The molecule has 1 aliphatic rings. The summed E-state index contributed by atoms with van der Waals surface area (Å²) in [6, 6.07) is 16.5. The minimum absolute atomic E-state index is 0.0423. The first-order valence-electron chi connectivity index (χ1n) is 9.40. The largest absolute Gasteiger partial charge is 0.457 e. The molecular formula is C21H24N4O4. The zero-order chi connectivity index (χ0) is 20.6. The molecule has 2 aromatic carbocycles. The fraction of sp³-hybridized carbons (Fsp3) is 0.286. The Balaban J connectivity index is 1.66. The highest BCUT2D eigenvalue weighted by Crippen LogP contribution is 2.23. The van der Waals surface area contributed by atoms with Crippen LogP contribution in [0.4, 0.5) is 0 Å². The van der Waals surface area contributed by atoms with E-state index in [0.717, 1.165) is 11.3 Å². The van der Waals surface area contributed by atoms with Crippen LogP contribution in [0.25, 0.3) is 0 Å². The first-order chi connectivity index (χ1) is 14.0. The molecule has 0 bridgehead atoms. The Morgan fingerprint density at radius 3 is 2.66 bits per heavy atom. The second-order valence-corrected chi connectivity index (χ2v) is 6.79. The van der Waals surface area contributed by atoms with Gasteiger partial charge in [0.2, 0.25) is 17.7 Å². The number of benzene rings is 2. The number of amides is 3. The molecule has 152 valence electrons. The van der Waals surface area contributed by atoms with Crippen LogP contribution in [0.5, 0.6) is 11.5 Å². The van der Waals surface area contributed by atoms with E-state index in [0.29, 0.717) is 25.4 Å². The van der Waals surface area contributed by atoms with E-state index in [1.54, 1.807) is 0 Å². The van der Waals surface area contributed by atoms with Gasteiger partial charge in [-0.3, -0.25) is 19.3 Å². The number of ether oxygens (including phenoxy) is 1. The summed E-state index contributed by atoms with van der Waals surface area (Å²) in [7, 11) is 0. The molecular weight excluding hydrogens is 372 g/mol. The molecule has 1 atom stereocenters. The molecule has 1 aliphatic heterocycles. The van der Waals surface area contributed by atoms with E-state index < -0.39 is 17.9 Å². The van der Waals surface area contributed by atoms with Crippen LogP contribution in [-0.4, -0.2) is 48.3 Å². The van der Waals surface area contributed by atoms with E-state index in [1.165, 1.54) is 0 Å². The number of carbonyl (C=O) groups is 3. The number of primary amides is 1. The van der Waals surface area contributed by atoms with Gasteiger partial charge in [-0.15, -0.1) is 0 Å². The van der Waals surface area contributed by atoms with Gasteiger partial charge in [0.15, 0.2) is 0 Å². The maximum absolute atomic E-state index is 12.3. The summed E-state index contributed by atoms with van der Waals surface area (Å²) in [4.78, 5) is 37.2. The molecule has 1 saturated heterocycles. The van der Waals surface area contributed by atoms with Crippen LogP contribution in [0.3, 0.4) is 0 Å². The second kappa shape index (κ2) is 9.70. The third kappa shape index (κ3) is 6.05. The maximum atomic E-state index is 12.3. The maximum Gasteiger partial charge on any atom is 0.237 e. The number of nitrogens with two attached hydrogens (primary N) is 1. The van der Waals surface area contributed by atoms with E-state index in [4.69, 9.17) is 10.5 Å². The molecule has 0 saturated carbocycles. The number of piperazine rings is 1. The zero-order valence-electron chi connectivity index (χ0n) is 16.0. The number of nitrogens with one attached hydrogen (secondary N) is 2. The van der Waals surface area contributed by atoms with Crippen LogP contribution in [-0.2, 0) is 20.9 Å². The number of carbonyl (C=O) groups excluding carboxylic acids is 3. The summed E-state index contributed by atoms with van der Waals surface area (Å²) >= 11 is 0. The average Bonchev–Trinajstić information content (AvgIpc) is 2.70. The monoisotopic (exact) mass is 396 g/mol. The topological polar surface area (TPSA) is 114 Å². The van der Waals surface area contributed by atoms with Crippen molar-refractivity contribution in [3.63, 3.8) is 0 Å². The minimum atomic E-state index is -0.626. The van der Waals surface area contributed by atoms with E-state index >= 15 is 0 Å². The normalized spacial score (nSPS) is 16.7. The lowest BCUT2D eigenvalue weighted by Crippen LogP contribution is -2.56. The van der Waals surface area contributed by atoms with Crippen molar-refractivity contribution in [2.24, 2.45) is 5.73 Å². The summed E-state index contributed by atoms with van der Waals surface area (Å²) in [5.41, 5.74) is 6.01. The SMILES string of the molecule is NC(=O)CNC(=O)C[C@@H]1C(=O)NCCN1Cc1cccc(Oc2ccccc2)c1. The quantitative estimate of drug-likeness (QED) is 0.610. The Kier molecular flexibility index (Phi) is 6.80. The summed E-state index contributed by atoms with van der Waals surface area (Å²) in [5, 5.41) is 5.22. The smallest absolute Gasteiger partial charge is 0.237 e. The molecule has 29 heavy (non-hydrogen) atoms. The minimum Gasteiger partial charge on any atom is -0.457 e. The third-order valence-electron chi connectivity index (χ3n) is 4.54. The number of para-hydroxylation sites is 1. The predicted octanol–water partition coefficient (Wildman–Crippen LogP) is 0.771. The van der Waals surface area contributed by atoms with Crippen LogP contribution in [0.15, 0.2) is 54.6 Å². The van der Waals surface area contributed by atoms with Crippen molar-refractivity contribution in [2.75, 3.05) is 19.6 Å². The molecule has 0 radical (unpaired) electrons. The number of hydrogen-bond donors (Lipinski definition) is 3. The van der Waals surface area contributed by atoms with Gasteiger partial charge in [-0.05, 0) is 29.8 Å². The lowest BCUT2D eigenvalue weighted by molar-refractivity contribution is -0.134. The zero-order valence-corrected chi connectivity index (χ0v) is 16.0. The van der Waals surface area contributed by atoms with Crippen molar-refractivity contribution < 1.29 is 19.1 Å². The molecule has 1 heterocycles. The molecule has 3 amide bonds. The Hall–Kier alpha value is -3.39. The second-order valence-electron chi connectivity index (χ2n) is 6.79.